The van der Waals surface area contributed by atoms with E-state index < -0.39 is 0 Å². The Balaban J connectivity index is 2.07. The Kier molecular flexibility index (Phi) is 3.02. The maximum atomic E-state index is 4.57. The minimum absolute atomic E-state index is 0.724. The number of pyridine rings is 1. The van der Waals surface area contributed by atoms with Crippen molar-refractivity contribution in [2.75, 3.05) is 31.4 Å². The first-order chi connectivity index (χ1) is 9.67. The van der Waals surface area contributed by atoms with E-state index in [1.165, 1.54) is 0 Å². The molecule has 0 spiro atoms. The monoisotopic (exact) mass is 267 g/mol. The maximum Gasteiger partial charge on any atom is 0.180 e. The van der Waals surface area contributed by atoms with Crippen molar-refractivity contribution in [3.05, 3.63) is 36.4 Å². The van der Waals surface area contributed by atoms with E-state index in [1.54, 1.807) is 0 Å². The van der Waals surface area contributed by atoms with E-state index in [-0.39, 0.29) is 0 Å². The molecule has 0 amide bonds. The molecule has 0 fully saturated rings. The lowest BCUT2D eigenvalue weighted by Gasteiger charge is -2.12. The third-order valence-corrected chi connectivity index (χ3v) is 3.24. The van der Waals surface area contributed by atoms with E-state index in [9.17, 15) is 0 Å². The standard InChI is InChI=1S/C15H17N5/c1-16-13-8-7-12-15(18-13)19-14(17-12)10-5-4-6-11(9-10)20(2)3/h4-9H,1-3H3,(H2,16,17,18,19). The predicted molar refractivity (Wildman–Crippen MR) is 83.2 cm³/mol. The second kappa shape index (κ2) is 4.85. The maximum absolute atomic E-state index is 4.57. The predicted octanol–water partition coefficient (Wildman–Crippen LogP) is 2.73. The zero-order valence-corrected chi connectivity index (χ0v) is 11.8. The van der Waals surface area contributed by atoms with Gasteiger partial charge in [0.25, 0.3) is 0 Å². The molecule has 0 saturated carbocycles. The first kappa shape index (κ1) is 12.5. The van der Waals surface area contributed by atoms with Gasteiger partial charge in [0.1, 0.15) is 11.6 Å². The topological polar surface area (TPSA) is 56.8 Å². The number of hydrogen-bond donors (Lipinski definition) is 2. The van der Waals surface area contributed by atoms with Crippen LogP contribution in [-0.4, -0.2) is 36.1 Å². The molecular formula is C15H17N5. The number of nitrogens with zero attached hydrogens (tertiary/aromatic N) is 3. The molecule has 0 bridgehead atoms. The number of benzene rings is 1. The fourth-order valence-electron chi connectivity index (χ4n) is 2.10. The molecule has 0 atom stereocenters. The van der Waals surface area contributed by atoms with Crippen LogP contribution in [0.15, 0.2) is 36.4 Å². The Morgan fingerprint density at radius 3 is 2.70 bits per heavy atom. The minimum atomic E-state index is 0.724. The molecule has 0 aliphatic heterocycles. The van der Waals surface area contributed by atoms with Gasteiger partial charge in [-0.05, 0) is 24.3 Å². The molecular weight excluding hydrogens is 250 g/mol. The third kappa shape index (κ3) is 2.18. The second-order valence-corrected chi connectivity index (χ2v) is 4.85. The number of rotatable bonds is 3. The molecule has 5 nitrogen and oxygen atoms in total. The van der Waals surface area contributed by atoms with Crippen LogP contribution < -0.4 is 10.2 Å². The van der Waals surface area contributed by atoms with Gasteiger partial charge in [-0.2, -0.15) is 0 Å². The molecule has 2 N–H and O–H groups in total. The SMILES string of the molecule is CNc1ccc2[nH]c(-c3cccc(N(C)C)c3)nc2n1. The van der Waals surface area contributed by atoms with E-state index in [0.29, 0.717) is 0 Å². The first-order valence-electron chi connectivity index (χ1n) is 6.49. The van der Waals surface area contributed by atoms with Gasteiger partial charge in [-0.3, -0.25) is 0 Å². The van der Waals surface area contributed by atoms with Gasteiger partial charge in [-0.1, -0.05) is 12.1 Å². The first-order valence-corrected chi connectivity index (χ1v) is 6.49. The largest absolute Gasteiger partial charge is 0.378 e. The van der Waals surface area contributed by atoms with Crippen molar-refractivity contribution in [1.82, 2.24) is 15.0 Å². The van der Waals surface area contributed by atoms with Crippen molar-refractivity contribution in [1.29, 1.82) is 0 Å². The zero-order valence-electron chi connectivity index (χ0n) is 11.8. The molecule has 0 unspecified atom stereocenters. The number of imidazole rings is 1. The average Bonchev–Trinajstić information content (AvgIpc) is 2.90. The van der Waals surface area contributed by atoms with E-state index in [2.05, 4.69) is 37.3 Å². The van der Waals surface area contributed by atoms with Crippen molar-refractivity contribution < 1.29 is 0 Å². The highest BCUT2D eigenvalue weighted by Gasteiger charge is 2.08. The van der Waals surface area contributed by atoms with Crippen LogP contribution in [0.2, 0.25) is 0 Å². The van der Waals surface area contributed by atoms with E-state index in [4.69, 9.17) is 0 Å². The highest BCUT2D eigenvalue weighted by atomic mass is 15.1. The van der Waals surface area contributed by atoms with Crippen molar-refractivity contribution >= 4 is 22.7 Å². The van der Waals surface area contributed by atoms with E-state index in [1.807, 2.05) is 45.4 Å². The van der Waals surface area contributed by atoms with Crippen LogP contribution in [0.1, 0.15) is 0 Å². The number of aromatic nitrogens is 3. The third-order valence-electron chi connectivity index (χ3n) is 3.24. The van der Waals surface area contributed by atoms with Gasteiger partial charge < -0.3 is 15.2 Å². The van der Waals surface area contributed by atoms with Crippen LogP contribution in [-0.2, 0) is 0 Å². The summed E-state index contributed by atoms with van der Waals surface area (Å²) in [6.45, 7) is 0. The van der Waals surface area contributed by atoms with Crippen molar-refractivity contribution in [2.24, 2.45) is 0 Å². The number of aromatic amines is 1. The molecule has 2 aromatic heterocycles. The molecule has 5 heteroatoms. The summed E-state index contributed by atoms with van der Waals surface area (Å²) < 4.78 is 0. The average molecular weight is 267 g/mol. The number of nitrogens with one attached hydrogen (secondary N) is 2. The quantitative estimate of drug-likeness (QED) is 0.766. The summed E-state index contributed by atoms with van der Waals surface area (Å²) in [4.78, 5) is 14.4. The smallest absolute Gasteiger partial charge is 0.180 e. The van der Waals surface area contributed by atoms with Gasteiger partial charge in [-0.15, -0.1) is 0 Å². The minimum Gasteiger partial charge on any atom is -0.378 e. The number of fused-ring (bicyclic) bond motifs is 1. The molecule has 3 rings (SSSR count). The van der Waals surface area contributed by atoms with Crippen molar-refractivity contribution in [3.8, 4) is 11.4 Å². The van der Waals surface area contributed by atoms with Gasteiger partial charge in [0.15, 0.2) is 5.65 Å². The van der Waals surface area contributed by atoms with Crippen molar-refractivity contribution in [2.45, 2.75) is 0 Å². The molecule has 0 aliphatic rings. The number of anilines is 2. The van der Waals surface area contributed by atoms with Gasteiger partial charge in [-0.25, -0.2) is 9.97 Å². The molecule has 0 radical (unpaired) electrons. The van der Waals surface area contributed by atoms with Crippen LogP contribution in [0, 0.1) is 0 Å². The summed E-state index contributed by atoms with van der Waals surface area (Å²) in [5.74, 6) is 1.65. The normalized spacial score (nSPS) is 10.8. The molecule has 20 heavy (non-hydrogen) atoms. The van der Waals surface area contributed by atoms with E-state index in [0.717, 1.165) is 34.1 Å². The molecule has 0 aliphatic carbocycles. The Bertz CT molecular complexity index is 745. The fraction of sp³-hybridized carbons (Fsp3) is 0.200. The van der Waals surface area contributed by atoms with Crippen LogP contribution in [0.5, 0.6) is 0 Å². The molecule has 102 valence electrons. The zero-order chi connectivity index (χ0) is 14.1. The van der Waals surface area contributed by atoms with Crippen LogP contribution in [0.3, 0.4) is 0 Å². The molecule has 1 aromatic carbocycles. The van der Waals surface area contributed by atoms with Crippen molar-refractivity contribution in [3.63, 3.8) is 0 Å². The Morgan fingerprint density at radius 2 is 1.95 bits per heavy atom. The van der Waals surface area contributed by atoms with E-state index >= 15 is 0 Å². The lowest BCUT2D eigenvalue weighted by atomic mass is 10.2. The lowest BCUT2D eigenvalue weighted by molar-refractivity contribution is 1.13. The summed E-state index contributed by atoms with van der Waals surface area (Å²) in [6.07, 6.45) is 0. The van der Waals surface area contributed by atoms with Crippen LogP contribution in [0.4, 0.5) is 11.5 Å². The summed E-state index contributed by atoms with van der Waals surface area (Å²) in [5.41, 5.74) is 3.86. The summed E-state index contributed by atoms with van der Waals surface area (Å²) in [7, 11) is 5.90. The summed E-state index contributed by atoms with van der Waals surface area (Å²) in [6, 6.07) is 12.2. The Hall–Kier alpha value is -2.56. The Labute approximate surface area is 117 Å². The highest BCUT2D eigenvalue weighted by Crippen LogP contribution is 2.24. The molecule has 2 heterocycles. The molecule has 3 aromatic rings. The Morgan fingerprint density at radius 1 is 1.10 bits per heavy atom. The lowest BCUT2D eigenvalue weighted by Crippen LogP contribution is -2.08. The van der Waals surface area contributed by atoms with Gasteiger partial charge in [0.2, 0.25) is 0 Å². The van der Waals surface area contributed by atoms with Gasteiger partial charge in [0, 0.05) is 32.4 Å². The molecule has 0 saturated heterocycles. The highest BCUT2D eigenvalue weighted by molar-refractivity contribution is 5.78. The fourth-order valence-corrected chi connectivity index (χ4v) is 2.10. The van der Waals surface area contributed by atoms with Gasteiger partial charge in [0.05, 0.1) is 5.52 Å². The van der Waals surface area contributed by atoms with Crippen LogP contribution in [0.25, 0.3) is 22.6 Å². The number of hydrogen-bond acceptors (Lipinski definition) is 4. The number of H-pyrrole nitrogens is 1. The van der Waals surface area contributed by atoms with Gasteiger partial charge >= 0.3 is 0 Å². The second-order valence-electron chi connectivity index (χ2n) is 4.85. The van der Waals surface area contributed by atoms with Crippen LogP contribution >= 0.6 is 0 Å². The summed E-state index contributed by atoms with van der Waals surface area (Å²) in [5, 5.41) is 3.02. The summed E-state index contributed by atoms with van der Waals surface area (Å²) >= 11 is 0.